The van der Waals surface area contributed by atoms with E-state index in [2.05, 4.69) is 12.2 Å². The maximum atomic E-state index is 11.1. The van der Waals surface area contributed by atoms with Gasteiger partial charge in [-0.3, -0.25) is 0 Å². The van der Waals surface area contributed by atoms with Crippen molar-refractivity contribution in [2.24, 2.45) is 11.1 Å². The van der Waals surface area contributed by atoms with Crippen LogP contribution < -0.4 is 10.5 Å². The molecule has 1 aliphatic rings. The molecule has 0 aliphatic heterocycles. The molecule has 0 unspecified atom stereocenters. The molecule has 5 heteroatoms. The normalized spacial score (nSPS) is 24.8. The van der Waals surface area contributed by atoms with Crippen LogP contribution in [0.5, 0.6) is 0 Å². The van der Waals surface area contributed by atoms with E-state index >= 15 is 0 Å². The van der Waals surface area contributed by atoms with Crippen LogP contribution in [0.25, 0.3) is 0 Å². The largest absolute Gasteiger partial charge is 0.382 e. The van der Waals surface area contributed by atoms with E-state index in [4.69, 9.17) is 5.14 Å². The van der Waals surface area contributed by atoms with E-state index in [1.54, 1.807) is 24.3 Å². The highest BCUT2D eigenvalue weighted by Gasteiger charge is 2.17. The highest BCUT2D eigenvalue weighted by Crippen LogP contribution is 2.26. The van der Waals surface area contributed by atoms with Gasteiger partial charge in [0.15, 0.2) is 0 Å². The fraction of sp³-hybridized carbons (Fsp3) is 0.538. The third kappa shape index (κ3) is 3.46. The molecule has 100 valence electrons. The number of anilines is 1. The molecular formula is C13H20N2O2S. The monoisotopic (exact) mass is 268 g/mol. The van der Waals surface area contributed by atoms with Crippen molar-refractivity contribution in [3.8, 4) is 0 Å². The van der Waals surface area contributed by atoms with Crippen LogP contribution in [0.3, 0.4) is 0 Å². The lowest BCUT2D eigenvalue weighted by Crippen LogP contribution is -2.25. The minimum absolute atomic E-state index is 0.158. The SMILES string of the molecule is CC1CCC(Nc2ccc(S(N)(=O)=O)cc2)CC1. The zero-order valence-corrected chi connectivity index (χ0v) is 11.4. The lowest BCUT2D eigenvalue weighted by molar-refractivity contribution is 0.361. The molecule has 4 nitrogen and oxygen atoms in total. The number of nitrogens with one attached hydrogen (secondary N) is 1. The van der Waals surface area contributed by atoms with Crippen LogP contribution in [-0.2, 0) is 10.0 Å². The molecule has 1 aromatic carbocycles. The minimum atomic E-state index is -3.59. The Morgan fingerprint density at radius 2 is 1.67 bits per heavy atom. The highest BCUT2D eigenvalue weighted by atomic mass is 32.2. The average Bonchev–Trinajstić information content (AvgIpc) is 2.32. The fourth-order valence-corrected chi connectivity index (χ4v) is 2.90. The van der Waals surface area contributed by atoms with Crippen molar-refractivity contribution in [1.82, 2.24) is 0 Å². The van der Waals surface area contributed by atoms with Crippen molar-refractivity contribution in [3.05, 3.63) is 24.3 Å². The van der Waals surface area contributed by atoms with Gasteiger partial charge in [-0.05, 0) is 55.9 Å². The van der Waals surface area contributed by atoms with Crippen LogP contribution in [0.2, 0.25) is 0 Å². The predicted octanol–water partition coefficient (Wildman–Crippen LogP) is 2.32. The summed E-state index contributed by atoms with van der Waals surface area (Å²) in [4.78, 5) is 0.158. The molecule has 0 atom stereocenters. The van der Waals surface area contributed by atoms with Crippen LogP contribution in [-0.4, -0.2) is 14.5 Å². The second-order valence-corrected chi connectivity index (χ2v) is 6.73. The van der Waals surface area contributed by atoms with Crippen LogP contribution in [0.4, 0.5) is 5.69 Å². The van der Waals surface area contributed by atoms with E-state index in [0.29, 0.717) is 6.04 Å². The van der Waals surface area contributed by atoms with Gasteiger partial charge in [0.2, 0.25) is 10.0 Å². The maximum Gasteiger partial charge on any atom is 0.238 e. The van der Waals surface area contributed by atoms with Crippen molar-refractivity contribution in [1.29, 1.82) is 0 Å². The summed E-state index contributed by atoms with van der Waals surface area (Å²) < 4.78 is 22.3. The Hall–Kier alpha value is -1.07. The number of rotatable bonds is 3. The van der Waals surface area contributed by atoms with E-state index in [-0.39, 0.29) is 4.90 Å². The number of primary sulfonamides is 1. The van der Waals surface area contributed by atoms with E-state index in [1.807, 2.05) is 0 Å². The van der Waals surface area contributed by atoms with E-state index < -0.39 is 10.0 Å². The van der Waals surface area contributed by atoms with Gasteiger partial charge in [-0.15, -0.1) is 0 Å². The Morgan fingerprint density at radius 1 is 1.11 bits per heavy atom. The topological polar surface area (TPSA) is 72.2 Å². The molecule has 18 heavy (non-hydrogen) atoms. The van der Waals surface area contributed by atoms with Gasteiger partial charge in [-0.2, -0.15) is 0 Å². The summed E-state index contributed by atoms with van der Waals surface area (Å²) in [6, 6.07) is 7.14. The molecule has 0 spiro atoms. The van der Waals surface area contributed by atoms with Gasteiger partial charge >= 0.3 is 0 Å². The summed E-state index contributed by atoms with van der Waals surface area (Å²) in [5, 5.41) is 8.50. The minimum Gasteiger partial charge on any atom is -0.382 e. The molecular weight excluding hydrogens is 248 g/mol. The Morgan fingerprint density at radius 3 is 2.17 bits per heavy atom. The zero-order valence-electron chi connectivity index (χ0n) is 10.6. The molecule has 0 bridgehead atoms. The third-order valence-electron chi connectivity index (χ3n) is 3.57. The van der Waals surface area contributed by atoms with E-state index in [1.165, 1.54) is 25.7 Å². The maximum absolute atomic E-state index is 11.1. The standard InChI is InChI=1S/C13H20N2O2S/c1-10-2-4-11(5-3-10)15-12-6-8-13(9-7-12)18(14,16)17/h6-11,15H,2-5H2,1H3,(H2,14,16,17). The Kier molecular flexibility index (Phi) is 3.92. The van der Waals surface area contributed by atoms with Crippen LogP contribution in [0, 0.1) is 5.92 Å². The van der Waals surface area contributed by atoms with Gasteiger partial charge in [0, 0.05) is 11.7 Å². The van der Waals surface area contributed by atoms with Crippen molar-refractivity contribution >= 4 is 15.7 Å². The third-order valence-corrected chi connectivity index (χ3v) is 4.50. The molecule has 0 aromatic heterocycles. The van der Waals surface area contributed by atoms with Gasteiger partial charge in [0.25, 0.3) is 0 Å². The van der Waals surface area contributed by atoms with Gasteiger partial charge < -0.3 is 5.32 Å². The molecule has 0 heterocycles. The zero-order chi connectivity index (χ0) is 13.2. The first-order valence-electron chi connectivity index (χ1n) is 6.34. The summed E-state index contributed by atoms with van der Waals surface area (Å²) in [5.74, 6) is 0.827. The molecule has 0 radical (unpaired) electrons. The van der Waals surface area contributed by atoms with Gasteiger partial charge in [0.1, 0.15) is 0 Å². The highest BCUT2D eigenvalue weighted by molar-refractivity contribution is 7.89. The summed E-state index contributed by atoms with van der Waals surface area (Å²) in [6.07, 6.45) is 4.87. The van der Waals surface area contributed by atoms with Gasteiger partial charge in [0.05, 0.1) is 4.90 Å². The molecule has 1 saturated carbocycles. The number of hydrogen-bond acceptors (Lipinski definition) is 3. The van der Waals surface area contributed by atoms with Crippen LogP contribution in [0.15, 0.2) is 29.2 Å². The summed E-state index contributed by atoms with van der Waals surface area (Å²) in [6.45, 7) is 2.29. The lowest BCUT2D eigenvalue weighted by atomic mass is 9.87. The van der Waals surface area contributed by atoms with E-state index in [0.717, 1.165) is 11.6 Å². The molecule has 2 rings (SSSR count). The molecule has 3 N–H and O–H groups in total. The molecule has 0 amide bonds. The quantitative estimate of drug-likeness (QED) is 0.883. The molecule has 1 aliphatic carbocycles. The number of hydrogen-bond donors (Lipinski definition) is 2. The second kappa shape index (κ2) is 5.28. The van der Waals surface area contributed by atoms with Gasteiger partial charge in [-0.25, -0.2) is 13.6 Å². The average molecular weight is 268 g/mol. The second-order valence-electron chi connectivity index (χ2n) is 5.17. The number of sulfonamides is 1. The van der Waals surface area contributed by atoms with Crippen LogP contribution >= 0.6 is 0 Å². The van der Waals surface area contributed by atoms with Crippen molar-refractivity contribution < 1.29 is 8.42 Å². The smallest absolute Gasteiger partial charge is 0.238 e. The first-order valence-corrected chi connectivity index (χ1v) is 7.89. The lowest BCUT2D eigenvalue weighted by Gasteiger charge is -2.27. The summed E-state index contributed by atoms with van der Waals surface area (Å²) in [5.41, 5.74) is 0.960. The van der Waals surface area contributed by atoms with Crippen molar-refractivity contribution in [3.63, 3.8) is 0 Å². The Balaban J connectivity index is 1.98. The first-order chi connectivity index (χ1) is 8.45. The predicted molar refractivity (Wildman–Crippen MR) is 72.9 cm³/mol. The number of nitrogens with two attached hydrogens (primary N) is 1. The van der Waals surface area contributed by atoms with Crippen LogP contribution in [0.1, 0.15) is 32.6 Å². The Bertz CT molecular complexity index is 488. The van der Waals surface area contributed by atoms with E-state index in [9.17, 15) is 8.42 Å². The van der Waals surface area contributed by atoms with Crippen molar-refractivity contribution in [2.45, 2.75) is 43.5 Å². The summed E-state index contributed by atoms with van der Waals surface area (Å²) >= 11 is 0. The van der Waals surface area contributed by atoms with Gasteiger partial charge in [-0.1, -0.05) is 6.92 Å². The summed E-state index contributed by atoms with van der Waals surface area (Å²) in [7, 11) is -3.59. The molecule has 1 aromatic rings. The Labute approximate surface area is 109 Å². The molecule has 0 saturated heterocycles. The molecule has 1 fully saturated rings. The first kappa shape index (κ1) is 13.4. The number of benzene rings is 1. The van der Waals surface area contributed by atoms with Crippen molar-refractivity contribution in [2.75, 3.05) is 5.32 Å². The fourth-order valence-electron chi connectivity index (χ4n) is 2.38.